The topological polar surface area (TPSA) is 142 Å². The zero-order valence-electron chi connectivity index (χ0n) is 19.3. The maximum absolute atomic E-state index is 14.1. The summed E-state index contributed by atoms with van der Waals surface area (Å²) in [6, 6.07) is 13.3. The molecule has 0 aliphatic rings. The number of fused-ring (bicyclic) bond motifs is 1. The number of nitrogens with two attached hydrogens (primary N) is 1. The van der Waals surface area contributed by atoms with Gasteiger partial charge in [0.15, 0.2) is 0 Å². The SMILES string of the molecule is Cc1n[nH]c2cc(OCCNC[C@H](O)c3ccc(Cl)c(NS(=O)(=O)c4cc(N)ccc4F)c3)ccc12. The molecule has 1 aromatic heterocycles. The van der Waals surface area contributed by atoms with Crippen LogP contribution >= 0.6 is 11.6 Å². The van der Waals surface area contributed by atoms with Gasteiger partial charge in [-0.25, -0.2) is 12.8 Å². The molecule has 4 rings (SSSR count). The van der Waals surface area contributed by atoms with Crippen molar-refractivity contribution in [3.8, 4) is 5.75 Å². The van der Waals surface area contributed by atoms with Crippen molar-refractivity contribution in [2.45, 2.75) is 17.9 Å². The van der Waals surface area contributed by atoms with Crippen LogP contribution in [0.15, 0.2) is 59.5 Å². The van der Waals surface area contributed by atoms with E-state index in [-0.39, 0.29) is 22.9 Å². The van der Waals surface area contributed by atoms with Crippen molar-refractivity contribution >= 4 is 43.9 Å². The lowest BCUT2D eigenvalue weighted by Crippen LogP contribution is -2.26. The molecule has 3 aromatic carbocycles. The molecule has 9 nitrogen and oxygen atoms in total. The first kappa shape index (κ1) is 25.7. The highest BCUT2D eigenvalue weighted by Crippen LogP contribution is 2.29. The number of aromatic nitrogens is 2. The van der Waals surface area contributed by atoms with Gasteiger partial charge in [-0.1, -0.05) is 17.7 Å². The van der Waals surface area contributed by atoms with Gasteiger partial charge in [-0.15, -0.1) is 0 Å². The molecule has 0 saturated heterocycles. The fourth-order valence-electron chi connectivity index (χ4n) is 3.58. The Morgan fingerprint density at radius 3 is 2.81 bits per heavy atom. The molecule has 0 aliphatic heterocycles. The van der Waals surface area contributed by atoms with Gasteiger partial charge in [0, 0.05) is 30.2 Å². The van der Waals surface area contributed by atoms with E-state index < -0.39 is 26.8 Å². The lowest BCUT2D eigenvalue weighted by Gasteiger charge is -2.16. The molecule has 0 bridgehead atoms. The van der Waals surface area contributed by atoms with E-state index in [1.807, 2.05) is 25.1 Å². The lowest BCUT2D eigenvalue weighted by atomic mass is 10.1. The number of hydrogen-bond acceptors (Lipinski definition) is 7. The van der Waals surface area contributed by atoms with Crippen LogP contribution in [0.4, 0.5) is 15.8 Å². The minimum Gasteiger partial charge on any atom is -0.492 e. The Hall–Kier alpha value is -3.38. The Kier molecular flexibility index (Phi) is 7.65. The molecule has 1 atom stereocenters. The first-order chi connectivity index (χ1) is 17.1. The van der Waals surface area contributed by atoms with E-state index in [0.29, 0.717) is 24.5 Å². The standard InChI is InChI=1S/C24H25ClFN5O4S/c1-14-18-5-4-17(12-21(18)30-29-14)35-9-8-28-13-23(32)15-2-6-19(25)22(10-15)31-36(33,34)24-11-16(27)3-7-20(24)26/h2-7,10-12,23,28,31-32H,8-9,13,27H2,1H3,(H,29,30)/t23-/m0/s1. The molecule has 12 heteroatoms. The number of H-pyrrole nitrogens is 1. The minimum atomic E-state index is -4.30. The number of nitrogens with one attached hydrogen (secondary N) is 3. The Morgan fingerprint density at radius 2 is 2.00 bits per heavy atom. The monoisotopic (exact) mass is 533 g/mol. The number of aliphatic hydroxyl groups is 1. The van der Waals surface area contributed by atoms with Gasteiger partial charge in [-0.2, -0.15) is 5.10 Å². The number of rotatable bonds is 10. The first-order valence-electron chi connectivity index (χ1n) is 11.0. The molecule has 0 saturated carbocycles. The van der Waals surface area contributed by atoms with Crippen molar-refractivity contribution in [2.24, 2.45) is 0 Å². The Bertz CT molecular complexity index is 1500. The molecule has 190 valence electrons. The quantitative estimate of drug-likeness (QED) is 0.154. The summed E-state index contributed by atoms with van der Waals surface area (Å²) in [5.41, 5.74) is 7.92. The van der Waals surface area contributed by atoms with Crippen LogP contribution in [-0.2, 0) is 10.0 Å². The van der Waals surface area contributed by atoms with E-state index in [2.05, 4.69) is 20.2 Å². The van der Waals surface area contributed by atoms with E-state index in [4.69, 9.17) is 22.1 Å². The van der Waals surface area contributed by atoms with E-state index in [1.165, 1.54) is 18.2 Å². The summed E-state index contributed by atoms with van der Waals surface area (Å²) >= 11 is 6.14. The smallest absolute Gasteiger partial charge is 0.264 e. The van der Waals surface area contributed by atoms with Crippen molar-refractivity contribution in [1.29, 1.82) is 0 Å². The molecule has 0 unspecified atom stereocenters. The van der Waals surface area contributed by atoms with Crippen LogP contribution in [0.3, 0.4) is 0 Å². The molecular weight excluding hydrogens is 509 g/mol. The fraction of sp³-hybridized carbons (Fsp3) is 0.208. The number of anilines is 2. The van der Waals surface area contributed by atoms with E-state index >= 15 is 0 Å². The summed E-state index contributed by atoms with van der Waals surface area (Å²) < 4.78 is 47.4. The summed E-state index contributed by atoms with van der Waals surface area (Å²) in [6.45, 7) is 2.92. The fourth-order valence-corrected chi connectivity index (χ4v) is 4.98. The number of nitrogen functional groups attached to an aromatic ring is 1. The third kappa shape index (κ3) is 5.88. The van der Waals surface area contributed by atoms with Gasteiger partial charge < -0.3 is 20.9 Å². The summed E-state index contributed by atoms with van der Waals surface area (Å²) in [4.78, 5) is -0.604. The second-order valence-corrected chi connectivity index (χ2v) is 10.2. The third-order valence-electron chi connectivity index (χ3n) is 5.47. The summed E-state index contributed by atoms with van der Waals surface area (Å²) in [6.07, 6.45) is -0.959. The number of aliphatic hydroxyl groups excluding tert-OH is 1. The number of ether oxygens (including phenoxy) is 1. The van der Waals surface area contributed by atoms with Gasteiger partial charge in [-0.3, -0.25) is 9.82 Å². The number of hydrogen-bond donors (Lipinski definition) is 5. The minimum absolute atomic E-state index is 0.00260. The number of aryl methyl sites for hydroxylation is 1. The Morgan fingerprint density at radius 1 is 1.19 bits per heavy atom. The van der Waals surface area contributed by atoms with Gasteiger partial charge in [0.05, 0.1) is 28.0 Å². The summed E-state index contributed by atoms with van der Waals surface area (Å²) in [7, 11) is -4.30. The maximum Gasteiger partial charge on any atom is 0.264 e. The number of halogens is 2. The van der Waals surface area contributed by atoms with Crippen LogP contribution in [0, 0.1) is 12.7 Å². The lowest BCUT2D eigenvalue weighted by molar-refractivity contribution is 0.172. The van der Waals surface area contributed by atoms with Gasteiger partial charge in [0.2, 0.25) is 0 Å². The zero-order valence-corrected chi connectivity index (χ0v) is 20.8. The predicted octanol–water partition coefficient (Wildman–Crippen LogP) is 3.75. The molecule has 0 amide bonds. The third-order valence-corrected chi connectivity index (χ3v) is 7.18. The molecule has 0 radical (unpaired) electrons. The molecule has 1 heterocycles. The molecule has 6 N–H and O–H groups in total. The second kappa shape index (κ2) is 10.7. The molecule has 0 spiro atoms. The van der Waals surface area contributed by atoms with Crippen molar-refractivity contribution in [3.63, 3.8) is 0 Å². The van der Waals surface area contributed by atoms with Gasteiger partial charge in [-0.05, 0) is 55.0 Å². The largest absolute Gasteiger partial charge is 0.492 e. The van der Waals surface area contributed by atoms with Crippen molar-refractivity contribution < 1.29 is 22.7 Å². The highest BCUT2D eigenvalue weighted by Gasteiger charge is 2.21. The number of aromatic amines is 1. The van der Waals surface area contributed by atoms with Crippen molar-refractivity contribution in [1.82, 2.24) is 15.5 Å². The van der Waals surface area contributed by atoms with Gasteiger partial charge in [0.1, 0.15) is 23.1 Å². The van der Waals surface area contributed by atoms with Crippen LogP contribution in [-0.4, -0.2) is 43.4 Å². The molecule has 0 aliphatic carbocycles. The highest BCUT2D eigenvalue weighted by molar-refractivity contribution is 7.92. The van der Waals surface area contributed by atoms with Gasteiger partial charge >= 0.3 is 0 Å². The van der Waals surface area contributed by atoms with E-state index in [0.717, 1.165) is 28.7 Å². The van der Waals surface area contributed by atoms with Crippen LogP contribution in [0.1, 0.15) is 17.4 Å². The van der Waals surface area contributed by atoms with Crippen LogP contribution in [0.2, 0.25) is 5.02 Å². The van der Waals surface area contributed by atoms with Crippen molar-refractivity contribution in [3.05, 3.63) is 76.7 Å². The van der Waals surface area contributed by atoms with Crippen molar-refractivity contribution in [2.75, 3.05) is 30.2 Å². The average Bonchev–Trinajstić information content (AvgIpc) is 3.21. The maximum atomic E-state index is 14.1. The van der Waals surface area contributed by atoms with Crippen LogP contribution in [0.25, 0.3) is 10.9 Å². The van der Waals surface area contributed by atoms with Gasteiger partial charge in [0.25, 0.3) is 10.0 Å². The highest BCUT2D eigenvalue weighted by atomic mass is 35.5. The molecule has 36 heavy (non-hydrogen) atoms. The van der Waals surface area contributed by atoms with E-state index in [9.17, 15) is 17.9 Å². The molecular formula is C24H25ClFN5O4S. The summed E-state index contributed by atoms with van der Waals surface area (Å²) in [5.74, 6) is -0.255. The van der Waals surface area contributed by atoms with Crippen LogP contribution in [0.5, 0.6) is 5.75 Å². The molecule has 4 aromatic rings. The average molecular weight is 534 g/mol. The predicted molar refractivity (Wildman–Crippen MR) is 137 cm³/mol. The normalized spacial score (nSPS) is 12.6. The second-order valence-electron chi connectivity index (χ2n) is 8.12. The van der Waals surface area contributed by atoms with E-state index in [1.54, 1.807) is 6.07 Å². The summed E-state index contributed by atoms with van der Waals surface area (Å²) in [5, 5.41) is 21.9. The van der Waals surface area contributed by atoms with Crippen LogP contribution < -0.4 is 20.5 Å². The zero-order chi connectivity index (χ0) is 25.9. The number of benzene rings is 3. The Labute approximate surface area is 212 Å². The Balaban J connectivity index is 1.33. The number of sulfonamides is 1. The molecule has 0 fully saturated rings. The number of nitrogens with zero attached hydrogens (tertiary/aromatic N) is 1. The first-order valence-corrected chi connectivity index (χ1v) is 12.8.